The van der Waals surface area contributed by atoms with E-state index >= 15 is 0 Å². The minimum absolute atomic E-state index is 0.0298. The van der Waals surface area contributed by atoms with Crippen LogP contribution in [0, 0.1) is 0 Å². The summed E-state index contributed by atoms with van der Waals surface area (Å²) in [6.07, 6.45) is 7.04. The monoisotopic (exact) mass is 362 g/mol. The van der Waals surface area contributed by atoms with Crippen molar-refractivity contribution in [3.8, 4) is 0 Å². The van der Waals surface area contributed by atoms with Crippen LogP contribution >= 0.6 is 11.8 Å². The van der Waals surface area contributed by atoms with Crippen LogP contribution in [0.15, 0.2) is 0 Å². The Labute approximate surface area is 150 Å². The van der Waals surface area contributed by atoms with E-state index in [1.807, 2.05) is 0 Å². The van der Waals surface area contributed by atoms with Gasteiger partial charge in [0.1, 0.15) is 23.7 Å². The fourth-order valence-electron chi connectivity index (χ4n) is 2.88. The van der Waals surface area contributed by atoms with Gasteiger partial charge in [-0.05, 0) is 13.3 Å². The van der Waals surface area contributed by atoms with Crippen LogP contribution in [0.25, 0.3) is 0 Å². The first-order chi connectivity index (χ1) is 11.5. The lowest BCUT2D eigenvalue weighted by Crippen LogP contribution is -2.55. The van der Waals surface area contributed by atoms with Gasteiger partial charge in [0, 0.05) is 6.42 Å². The van der Waals surface area contributed by atoms with Gasteiger partial charge in [-0.3, -0.25) is 4.79 Å². The van der Waals surface area contributed by atoms with Crippen molar-refractivity contribution in [3.63, 3.8) is 0 Å². The van der Waals surface area contributed by atoms with Crippen LogP contribution in [0.3, 0.4) is 0 Å². The van der Waals surface area contributed by atoms with E-state index < -0.39 is 29.9 Å². The summed E-state index contributed by atoms with van der Waals surface area (Å²) in [6.45, 7) is 3.84. The second kappa shape index (κ2) is 12.3. The van der Waals surface area contributed by atoms with E-state index in [9.17, 15) is 20.1 Å². The van der Waals surface area contributed by atoms with E-state index in [0.717, 1.165) is 31.0 Å². The van der Waals surface area contributed by atoms with Crippen molar-refractivity contribution in [2.24, 2.45) is 0 Å². The van der Waals surface area contributed by atoms with Crippen molar-refractivity contribution in [1.82, 2.24) is 0 Å². The van der Waals surface area contributed by atoms with Crippen LogP contribution in [0.2, 0.25) is 0 Å². The third-order valence-corrected chi connectivity index (χ3v) is 5.63. The molecule has 1 rings (SSSR count). The highest BCUT2D eigenvalue weighted by Crippen LogP contribution is 2.29. The highest BCUT2D eigenvalue weighted by atomic mass is 32.2. The van der Waals surface area contributed by atoms with Crippen molar-refractivity contribution in [2.75, 3.05) is 0 Å². The number of rotatable bonds is 11. The quantitative estimate of drug-likeness (QED) is 0.490. The molecular formula is C18H34O5S. The number of unbranched alkanes of at least 4 members (excludes halogenated alkanes) is 8. The van der Waals surface area contributed by atoms with Gasteiger partial charge in [0.15, 0.2) is 5.12 Å². The van der Waals surface area contributed by atoms with Gasteiger partial charge >= 0.3 is 0 Å². The number of hydrogen-bond donors (Lipinski definition) is 3. The Bertz CT molecular complexity index is 352. The summed E-state index contributed by atoms with van der Waals surface area (Å²) in [5, 5.41) is 29.2. The highest BCUT2D eigenvalue weighted by molar-refractivity contribution is 8.14. The summed E-state index contributed by atoms with van der Waals surface area (Å²) in [5.74, 6) is 0. The molecule has 24 heavy (non-hydrogen) atoms. The molecule has 1 fully saturated rings. The van der Waals surface area contributed by atoms with Gasteiger partial charge in [0.05, 0.1) is 6.10 Å². The lowest BCUT2D eigenvalue weighted by molar-refractivity contribution is -0.192. The molecule has 0 bridgehead atoms. The van der Waals surface area contributed by atoms with Crippen molar-refractivity contribution in [1.29, 1.82) is 0 Å². The van der Waals surface area contributed by atoms with E-state index in [4.69, 9.17) is 4.74 Å². The standard InChI is InChI=1S/C18H34O5S/c1-3-4-5-6-7-8-9-10-11-12-14(19)24-18-17(22)16(21)15(20)13(2)23-18/h13,15-18,20-22H,3-12H2,1-2H3/t13-,15+,16+,17-,18-/m0/s1. The second-order valence-electron chi connectivity index (χ2n) is 6.75. The molecule has 1 aliphatic heterocycles. The zero-order valence-corrected chi connectivity index (χ0v) is 15.8. The molecule has 0 aromatic rings. The summed E-state index contributed by atoms with van der Waals surface area (Å²) < 4.78 is 5.43. The van der Waals surface area contributed by atoms with Gasteiger partial charge in [-0.15, -0.1) is 0 Å². The maximum absolute atomic E-state index is 12.0. The zero-order chi connectivity index (χ0) is 17.9. The van der Waals surface area contributed by atoms with Crippen LogP contribution in [0.1, 0.15) is 78.1 Å². The molecule has 6 heteroatoms. The van der Waals surface area contributed by atoms with E-state index in [0.29, 0.717) is 6.42 Å². The van der Waals surface area contributed by atoms with Gasteiger partial charge in [-0.25, -0.2) is 0 Å². The normalized spacial score (nSPS) is 30.5. The number of thioether (sulfide) groups is 1. The summed E-state index contributed by atoms with van der Waals surface area (Å²) in [7, 11) is 0. The molecule has 142 valence electrons. The summed E-state index contributed by atoms with van der Waals surface area (Å²) >= 11 is 0.933. The number of aliphatic hydroxyl groups excluding tert-OH is 3. The predicted octanol–water partition coefficient (Wildman–Crippen LogP) is 2.99. The lowest BCUT2D eigenvalue weighted by Gasteiger charge is -2.38. The van der Waals surface area contributed by atoms with Gasteiger partial charge in [0.2, 0.25) is 0 Å². The molecule has 0 saturated carbocycles. The number of aliphatic hydroxyl groups is 3. The fraction of sp³-hybridized carbons (Fsp3) is 0.944. The maximum Gasteiger partial charge on any atom is 0.191 e. The molecule has 1 heterocycles. The Kier molecular flexibility index (Phi) is 11.2. The fourth-order valence-corrected chi connectivity index (χ4v) is 3.93. The van der Waals surface area contributed by atoms with Crippen LogP contribution in [0.5, 0.6) is 0 Å². The van der Waals surface area contributed by atoms with Crippen LogP contribution in [0.4, 0.5) is 0 Å². The molecular weight excluding hydrogens is 328 g/mol. The molecule has 0 aromatic heterocycles. The summed E-state index contributed by atoms with van der Waals surface area (Å²) in [4.78, 5) is 12.0. The van der Waals surface area contributed by atoms with E-state index in [1.165, 1.54) is 38.5 Å². The van der Waals surface area contributed by atoms with Crippen LogP contribution in [-0.4, -0.2) is 50.3 Å². The SMILES string of the molecule is CCCCCCCCCCCC(=O)S[C@@H]1O[C@@H](C)[C@@H](O)[C@@H](O)[C@@H]1O. The third kappa shape index (κ3) is 7.83. The van der Waals surface area contributed by atoms with Crippen LogP contribution < -0.4 is 0 Å². The largest absolute Gasteiger partial charge is 0.388 e. The molecule has 0 aromatic carbocycles. The third-order valence-electron chi connectivity index (χ3n) is 4.54. The smallest absolute Gasteiger partial charge is 0.191 e. The number of carbonyl (C=O) groups is 1. The Morgan fingerprint density at radius 2 is 1.42 bits per heavy atom. The van der Waals surface area contributed by atoms with Gasteiger partial charge in [-0.1, -0.05) is 70.1 Å². The van der Waals surface area contributed by atoms with Crippen molar-refractivity contribution >= 4 is 16.9 Å². The van der Waals surface area contributed by atoms with Crippen LogP contribution in [-0.2, 0) is 9.53 Å². The maximum atomic E-state index is 12.0. The first-order valence-corrected chi connectivity index (χ1v) is 10.2. The van der Waals surface area contributed by atoms with E-state index in [2.05, 4.69) is 6.92 Å². The summed E-state index contributed by atoms with van der Waals surface area (Å²) in [5.41, 5.74) is -0.801. The molecule has 5 nitrogen and oxygen atoms in total. The summed E-state index contributed by atoms with van der Waals surface area (Å²) in [6, 6.07) is 0. The molecule has 0 spiro atoms. The molecule has 0 aliphatic carbocycles. The first-order valence-electron chi connectivity index (χ1n) is 9.36. The van der Waals surface area contributed by atoms with Gasteiger partial charge in [0.25, 0.3) is 0 Å². The Balaban J connectivity index is 2.09. The molecule has 5 atom stereocenters. The number of carbonyl (C=O) groups excluding carboxylic acids is 1. The predicted molar refractivity (Wildman–Crippen MR) is 96.8 cm³/mol. The van der Waals surface area contributed by atoms with Gasteiger partial charge in [-0.2, -0.15) is 0 Å². The minimum atomic E-state index is -1.27. The Hall–Kier alpha value is -0.140. The Morgan fingerprint density at radius 3 is 2.00 bits per heavy atom. The number of ether oxygens (including phenoxy) is 1. The average Bonchev–Trinajstić information content (AvgIpc) is 2.56. The zero-order valence-electron chi connectivity index (χ0n) is 15.0. The molecule has 1 saturated heterocycles. The first kappa shape index (κ1) is 21.9. The van der Waals surface area contributed by atoms with Crippen molar-refractivity contribution < 1.29 is 24.9 Å². The minimum Gasteiger partial charge on any atom is -0.388 e. The van der Waals surface area contributed by atoms with E-state index in [-0.39, 0.29) is 5.12 Å². The molecule has 0 amide bonds. The number of hydrogen-bond acceptors (Lipinski definition) is 6. The van der Waals surface area contributed by atoms with Gasteiger partial charge < -0.3 is 20.1 Å². The Morgan fingerprint density at radius 1 is 0.875 bits per heavy atom. The molecule has 0 radical (unpaired) electrons. The second-order valence-corrected chi connectivity index (χ2v) is 7.91. The topological polar surface area (TPSA) is 87.0 Å². The van der Waals surface area contributed by atoms with E-state index in [1.54, 1.807) is 6.92 Å². The highest BCUT2D eigenvalue weighted by Gasteiger charge is 2.42. The molecule has 3 N–H and O–H groups in total. The van der Waals surface area contributed by atoms with Crippen molar-refractivity contribution in [3.05, 3.63) is 0 Å². The molecule has 1 aliphatic rings. The molecule has 0 unspecified atom stereocenters. The lowest BCUT2D eigenvalue weighted by atomic mass is 10.0. The average molecular weight is 363 g/mol. The van der Waals surface area contributed by atoms with Crippen molar-refractivity contribution in [2.45, 2.75) is 108 Å².